The average molecular weight is 838 g/mol. The van der Waals surface area contributed by atoms with E-state index in [1.807, 2.05) is 0 Å². The highest BCUT2D eigenvalue weighted by molar-refractivity contribution is 5.57. The van der Waals surface area contributed by atoms with Crippen LogP contribution in [-0.2, 0) is 0 Å². The third kappa shape index (κ3) is 9.53. The number of hydrogen-bond acceptors (Lipinski definition) is 5. The number of nitriles is 4. The molecule has 0 radical (unpaired) electrons. The molecular formula is C37H38F15N5. The van der Waals surface area contributed by atoms with Crippen LogP contribution in [0.15, 0.2) is 44.7 Å². The summed E-state index contributed by atoms with van der Waals surface area (Å²) in [6.07, 6.45) is -6.46. The van der Waals surface area contributed by atoms with Gasteiger partial charge in [0, 0.05) is 19.2 Å². The molecule has 1 N–H and O–H groups in total. The molecule has 0 bridgehead atoms. The lowest BCUT2D eigenvalue weighted by Gasteiger charge is -2.37. The third-order valence-electron chi connectivity index (χ3n) is 9.68. The van der Waals surface area contributed by atoms with E-state index < -0.39 is 106 Å². The Morgan fingerprint density at radius 2 is 0.982 bits per heavy atom. The van der Waals surface area contributed by atoms with Crippen LogP contribution >= 0.6 is 0 Å². The quantitative estimate of drug-likeness (QED) is 0.100. The van der Waals surface area contributed by atoms with Crippen LogP contribution in [0.25, 0.3) is 0 Å². The van der Waals surface area contributed by atoms with E-state index >= 15 is 0 Å². The first-order valence-corrected chi connectivity index (χ1v) is 17.3. The topological polar surface area (TPSA) is 107 Å². The third-order valence-corrected chi connectivity index (χ3v) is 9.68. The average Bonchev–Trinajstić information content (AvgIpc) is 3.04. The highest BCUT2D eigenvalue weighted by Crippen LogP contribution is 2.57. The lowest BCUT2D eigenvalue weighted by molar-refractivity contribution is -0.389. The first-order valence-electron chi connectivity index (χ1n) is 17.3. The molecule has 0 aromatic rings. The fourth-order valence-electron chi connectivity index (χ4n) is 6.81. The van der Waals surface area contributed by atoms with Gasteiger partial charge in [-0.15, -0.1) is 0 Å². The molecule has 2 rings (SSSR count). The summed E-state index contributed by atoms with van der Waals surface area (Å²) < 4.78 is 210. The van der Waals surface area contributed by atoms with E-state index in [4.69, 9.17) is 0 Å². The van der Waals surface area contributed by atoms with Crippen LogP contribution in [0.3, 0.4) is 0 Å². The van der Waals surface area contributed by atoms with Crippen LogP contribution in [0.2, 0.25) is 0 Å². The maximum Gasteiger partial charge on any atom is 0.460 e. The van der Waals surface area contributed by atoms with Crippen molar-refractivity contribution in [2.75, 3.05) is 6.54 Å². The van der Waals surface area contributed by atoms with Gasteiger partial charge < -0.3 is 5.32 Å². The molecule has 0 spiro atoms. The monoisotopic (exact) mass is 837 g/mol. The second-order valence-corrected chi connectivity index (χ2v) is 15.7. The second-order valence-electron chi connectivity index (χ2n) is 15.7. The van der Waals surface area contributed by atoms with Gasteiger partial charge in [-0.05, 0) is 66.9 Å². The summed E-state index contributed by atoms with van der Waals surface area (Å²) in [5, 5.41) is 41.3. The summed E-state index contributed by atoms with van der Waals surface area (Å²) in [5.74, 6) is -37.5. The van der Waals surface area contributed by atoms with Crippen molar-refractivity contribution in [3.63, 3.8) is 0 Å². The minimum Gasteiger partial charge on any atom is -0.387 e. The van der Waals surface area contributed by atoms with E-state index in [-0.39, 0.29) is 43.5 Å². The molecule has 0 saturated heterocycles. The van der Waals surface area contributed by atoms with E-state index in [9.17, 15) is 86.9 Å². The minimum absolute atomic E-state index is 0.00375. The highest BCUT2D eigenvalue weighted by atomic mass is 19.4. The Morgan fingerprint density at radius 3 is 1.42 bits per heavy atom. The first-order chi connectivity index (χ1) is 25.7. The number of unbranched alkanes of at least 4 members (excludes halogenated alkanes) is 4. The number of allylic oxidation sites excluding steroid dienone is 8. The molecule has 0 fully saturated rings. The Hall–Kier alpha value is -4.33. The molecule has 0 aromatic heterocycles. The van der Waals surface area contributed by atoms with Crippen molar-refractivity contribution in [2.24, 2.45) is 10.8 Å². The lowest BCUT2D eigenvalue weighted by atomic mass is 9.69. The summed E-state index contributed by atoms with van der Waals surface area (Å²) in [5.41, 5.74) is -9.50. The number of nitrogens with one attached hydrogen (secondary N) is 1. The molecule has 2 aliphatic rings. The molecule has 0 atom stereocenters. The maximum atomic E-state index is 15.0. The van der Waals surface area contributed by atoms with Crippen molar-refractivity contribution in [3.05, 3.63) is 44.7 Å². The number of rotatable bonds is 15. The number of nitrogens with zero attached hydrogens (tertiary/aromatic N) is 4. The van der Waals surface area contributed by atoms with Gasteiger partial charge in [-0.1, -0.05) is 52.5 Å². The minimum atomic E-state index is -7.25. The molecule has 0 unspecified atom stereocenters. The van der Waals surface area contributed by atoms with Crippen LogP contribution in [0.5, 0.6) is 0 Å². The van der Waals surface area contributed by atoms with Crippen molar-refractivity contribution < 1.29 is 65.9 Å². The predicted molar refractivity (Wildman–Crippen MR) is 174 cm³/mol. The zero-order chi connectivity index (χ0) is 44.4. The Balaban J connectivity index is 2.26. The Labute approximate surface area is 319 Å². The van der Waals surface area contributed by atoms with Gasteiger partial charge >= 0.3 is 41.7 Å². The Bertz CT molecular complexity index is 1850. The summed E-state index contributed by atoms with van der Waals surface area (Å²) in [6, 6.07) is 4.69. The Kier molecular flexibility index (Phi) is 14.1. The van der Waals surface area contributed by atoms with Crippen LogP contribution in [0.1, 0.15) is 98.8 Å². The van der Waals surface area contributed by atoms with E-state index in [1.54, 1.807) is 6.07 Å². The summed E-state index contributed by atoms with van der Waals surface area (Å²) in [6.45, 7) is 5.56. The van der Waals surface area contributed by atoms with Crippen LogP contribution in [0.4, 0.5) is 65.9 Å². The van der Waals surface area contributed by atoms with E-state index in [1.165, 1.54) is 33.8 Å². The molecule has 0 aromatic carbocycles. The van der Waals surface area contributed by atoms with Gasteiger partial charge in [0.2, 0.25) is 0 Å². The summed E-state index contributed by atoms with van der Waals surface area (Å²) in [4.78, 5) is 0. The standard InChI is InChI=1S/C37H38F15N5/c1-29(2)13-21(24(17-53)22(14-29)26(19-55)33(42,43)35(46,47)36(48,49)37(50,51)52)11-9-7-6-8-10-12-57-28-16-30(3,4)15-23(25(28)18-54)27(20-56)32(40,41)34(44,45)31(5,38)39/h57H,6-16H2,1-5H3/b26-22+,27-23+. The number of alkyl halides is 15. The molecule has 57 heavy (non-hydrogen) atoms. The van der Waals surface area contributed by atoms with Gasteiger partial charge in [-0.3, -0.25) is 0 Å². The normalized spacial score (nSPS) is 20.3. The van der Waals surface area contributed by atoms with Gasteiger partial charge in [0.25, 0.3) is 0 Å². The molecule has 5 nitrogen and oxygen atoms in total. The van der Waals surface area contributed by atoms with Crippen molar-refractivity contribution in [3.8, 4) is 24.3 Å². The molecule has 20 heteroatoms. The zero-order valence-corrected chi connectivity index (χ0v) is 31.2. The molecule has 0 amide bonds. The highest BCUT2D eigenvalue weighted by Gasteiger charge is 2.83. The predicted octanol–water partition coefficient (Wildman–Crippen LogP) is 12.2. The molecular weight excluding hydrogens is 799 g/mol. The summed E-state index contributed by atoms with van der Waals surface area (Å²) in [7, 11) is 0. The molecule has 0 aliphatic heterocycles. The van der Waals surface area contributed by atoms with E-state index in [2.05, 4.69) is 5.32 Å². The molecule has 0 saturated carbocycles. The van der Waals surface area contributed by atoms with Gasteiger partial charge in [0.05, 0.1) is 17.2 Å². The fourth-order valence-corrected chi connectivity index (χ4v) is 6.81. The Morgan fingerprint density at radius 1 is 0.561 bits per heavy atom. The molecule has 0 heterocycles. The molecule has 2 aliphatic carbocycles. The zero-order valence-electron chi connectivity index (χ0n) is 31.2. The van der Waals surface area contributed by atoms with Gasteiger partial charge in [-0.2, -0.15) is 86.9 Å². The first kappa shape index (κ1) is 48.8. The number of halogens is 15. The summed E-state index contributed by atoms with van der Waals surface area (Å²) >= 11 is 0. The maximum absolute atomic E-state index is 15.0. The van der Waals surface area contributed by atoms with Crippen LogP contribution in [0, 0.1) is 56.2 Å². The van der Waals surface area contributed by atoms with Crippen molar-refractivity contribution in [1.29, 1.82) is 21.0 Å². The SMILES string of the molecule is CC1(C)CC(NCCCCCCCC2=C(C#N)/C(=C(\C#N)C(F)(F)C(F)(F)C(F)(F)C(F)(F)F)CC(C)(C)C2)=C(C#N)/C(=C(\C#N)C(F)(F)C(F)(F)C(C)(F)F)C1. The largest absolute Gasteiger partial charge is 0.460 e. The van der Waals surface area contributed by atoms with Crippen LogP contribution in [-0.4, -0.2) is 48.3 Å². The smallest absolute Gasteiger partial charge is 0.387 e. The van der Waals surface area contributed by atoms with E-state index in [0.29, 0.717) is 31.8 Å². The van der Waals surface area contributed by atoms with Crippen molar-refractivity contribution in [2.45, 2.75) is 141 Å². The molecule has 316 valence electrons. The van der Waals surface area contributed by atoms with Gasteiger partial charge in [-0.25, -0.2) is 0 Å². The lowest BCUT2D eigenvalue weighted by Crippen LogP contribution is -2.61. The van der Waals surface area contributed by atoms with Crippen molar-refractivity contribution >= 4 is 0 Å². The van der Waals surface area contributed by atoms with Crippen LogP contribution < -0.4 is 5.32 Å². The fraction of sp³-hybridized carbons (Fsp3) is 0.676. The van der Waals surface area contributed by atoms with Gasteiger partial charge in [0.1, 0.15) is 29.4 Å². The van der Waals surface area contributed by atoms with E-state index in [0.717, 1.165) is 6.07 Å². The number of hydrogen-bond donors (Lipinski definition) is 1. The second kappa shape index (κ2) is 16.5. The van der Waals surface area contributed by atoms with Gasteiger partial charge in [0.15, 0.2) is 0 Å². The van der Waals surface area contributed by atoms with Crippen molar-refractivity contribution in [1.82, 2.24) is 5.32 Å².